The molecule has 7 heteroatoms. The molecule has 0 atom stereocenters. The van der Waals surface area contributed by atoms with Gasteiger partial charge in [-0.05, 0) is 18.6 Å². The molecule has 17 heavy (non-hydrogen) atoms. The topological polar surface area (TPSA) is 47.0 Å². The van der Waals surface area contributed by atoms with Crippen LogP contribution in [0.2, 0.25) is 0 Å². The van der Waals surface area contributed by atoms with Crippen molar-refractivity contribution in [2.45, 2.75) is 18.1 Å². The fourth-order valence-corrected chi connectivity index (χ4v) is 2.63. The van der Waals surface area contributed by atoms with Crippen LogP contribution in [0.4, 0.5) is 13.2 Å². The zero-order valence-electron chi connectivity index (χ0n) is 8.95. The van der Waals surface area contributed by atoms with E-state index >= 15 is 0 Å². The van der Waals surface area contributed by atoms with Gasteiger partial charge < -0.3 is 0 Å². The van der Waals surface area contributed by atoms with Crippen molar-refractivity contribution in [2.24, 2.45) is 0 Å². The van der Waals surface area contributed by atoms with Crippen LogP contribution in [0.3, 0.4) is 0 Å². The molecule has 0 amide bonds. The molecule has 0 unspecified atom stereocenters. The zero-order chi connectivity index (χ0) is 13.3. The van der Waals surface area contributed by atoms with Crippen molar-refractivity contribution in [3.63, 3.8) is 0 Å². The van der Waals surface area contributed by atoms with Crippen LogP contribution in [0.15, 0.2) is 29.9 Å². The fourth-order valence-electron chi connectivity index (χ4n) is 1.35. The molecule has 0 spiro atoms. The maximum Gasteiger partial charge on any atom is 0.419 e. The number of sulfone groups is 1. The summed E-state index contributed by atoms with van der Waals surface area (Å²) in [6, 6.07) is 1.12. The highest BCUT2D eigenvalue weighted by Gasteiger charge is 2.39. The van der Waals surface area contributed by atoms with Crippen molar-refractivity contribution in [1.82, 2.24) is 4.98 Å². The van der Waals surface area contributed by atoms with E-state index in [0.717, 1.165) is 18.3 Å². The summed E-state index contributed by atoms with van der Waals surface area (Å²) >= 11 is 0. The quantitative estimate of drug-likeness (QED) is 0.788. The van der Waals surface area contributed by atoms with Gasteiger partial charge in [-0.3, -0.25) is 0 Å². The third kappa shape index (κ3) is 2.85. The standard InChI is InChI=1S/C10H10F3NO2S/c1-3-6-17(15,16)9-8(10(11,12)13)7(2)4-5-14-9/h3-5H,1,6H2,2H3. The molecule has 0 aliphatic carbocycles. The lowest BCUT2D eigenvalue weighted by Crippen LogP contribution is -2.18. The van der Waals surface area contributed by atoms with E-state index in [1.54, 1.807) is 0 Å². The molecule has 0 bridgehead atoms. The minimum absolute atomic E-state index is 0.171. The largest absolute Gasteiger partial charge is 0.419 e. The Hall–Kier alpha value is -1.37. The fraction of sp³-hybridized carbons (Fsp3) is 0.300. The first kappa shape index (κ1) is 13.7. The molecule has 0 saturated heterocycles. The monoisotopic (exact) mass is 265 g/mol. The van der Waals surface area contributed by atoms with Crippen molar-refractivity contribution < 1.29 is 21.6 Å². The second-order valence-corrected chi connectivity index (χ2v) is 5.33. The highest BCUT2D eigenvalue weighted by molar-refractivity contribution is 7.91. The summed E-state index contributed by atoms with van der Waals surface area (Å²) in [5.41, 5.74) is -1.38. The van der Waals surface area contributed by atoms with Gasteiger partial charge in [-0.15, -0.1) is 6.58 Å². The molecule has 1 aromatic heterocycles. The summed E-state index contributed by atoms with van der Waals surface area (Å²) in [7, 11) is -4.10. The third-order valence-corrected chi connectivity index (χ3v) is 3.61. The lowest BCUT2D eigenvalue weighted by atomic mass is 10.1. The molecule has 0 fully saturated rings. The molecule has 0 N–H and O–H groups in total. The molecule has 0 aliphatic heterocycles. The first-order valence-electron chi connectivity index (χ1n) is 4.56. The van der Waals surface area contributed by atoms with Crippen molar-refractivity contribution >= 4 is 9.84 Å². The van der Waals surface area contributed by atoms with E-state index in [1.807, 2.05) is 0 Å². The summed E-state index contributed by atoms with van der Waals surface area (Å²) in [5, 5.41) is -0.940. The van der Waals surface area contributed by atoms with Gasteiger partial charge in [0.15, 0.2) is 14.9 Å². The van der Waals surface area contributed by atoms with Gasteiger partial charge in [-0.25, -0.2) is 13.4 Å². The molecule has 1 aromatic rings. The highest BCUT2D eigenvalue weighted by Crippen LogP contribution is 2.35. The average molecular weight is 265 g/mol. The molecule has 1 rings (SSSR count). The molecule has 94 valence electrons. The summed E-state index contributed by atoms with van der Waals surface area (Å²) in [6.45, 7) is 4.39. The molecular formula is C10H10F3NO2S. The number of pyridine rings is 1. The Kier molecular flexibility index (Phi) is 3.61. The van der Waals surface area contributed by atoms with Crippen LogP contribution in [-0.2, 0) is 16.0 Å². The first-order chi connectivity index (χ1) is 7.70. The Labute approximate surface area is 96.9 Å². The van der Waals surface area contributed by atoms with Crippen LogP contribution in [0.1, 0.15) is 11.1 Å². The van der Waals surface area contributed by atoms with Crippen LogP contribution in [-0.4, -0.2) is 19.2 Å². The van der Waals surface area contributed by atoms with Gasteiger partial charge in [0.1, 0.15) is 0 Å². The Bertz CT molecular complexity index is 535. The predicted octanol–water partition coefficient (Wildman–Crippen LogP) is 2.37. The lowest BCUT2D eigenvalue weighted by Gasteiger charge is -2.13. The summed E-state index contributed by atoms with van der Waals surface area (Å²) in [4.78, 5) is 3.34. The third-order valence-electron chi connectivity index (χ3n) is 2.04. The molecule has 0 radical (unpaired) electrons. The van der Waals surface area contributed by atoms with E-state index < -0.39 is 32.4 Å². The van der Waals surface area contributed by atoms with Gasteiger partial charge in [-0.1, -0.05) is 6.08 Å². The molecule has 0 saturated carbocycles. The average Bonchev–Trinajstić information content (AvgIpc) is 2.15. The molecule has 1 heterocycles. The maximum absolute atomic E-state index is 12.7. The van der Waals surface area contributed by atoms with Crippen LogP contribution in [0, 0.1) is 6.92 Å². The van der Waals surface area contributed by atoms with E-state index in [4.69, 9.17) is 0 Å². The van der Waals surface area contributed by atoms with Crippen molar-refractivity contribution in [2.75, 3.05) is 5.75 Å². The first-order valence-corrected chi connectivity index (χ1v) is 6.22. The molecular weight excluding hydrogens is 255 g/mol. The highest BCUT2D eigenvalue weighted by atomic mass is 32.2. The molecule has 0 aliphatic rings. The number of hydrogen-bond donors (Lipinski definition) is 0. The number of nitrogens with zero attached hydrogens (tertiary/aromatic N) is 1. The van der Waals surface area contributed by atoms with Gasteiger partial charge in [0.25, 0.3) is 0 Å². The van der Waals surface area contributed by atoms with Gasteiger partial charge in [0.2, 0.25) is 0 Å². The summed E-state index contributed by atoms with van der Waals surface area (Å²) < 4.78 is 61.5. The van der Waals surface area contributed by atoms with E-state index in [1.165, 1.54) is 6.92 Å². The Balaban J connectivity index is 3.56. The zero-order valence-corrected chi connectivity index (χ0v) is 9.77. The second-order valence-electron chi connectivity index (χ2n) is 3.38. The van der Waals surface area contributed by atoms with E-state index in [0.29, 0.717) is 0 Å². The Morgan fingerprint density at radius 1 is 1.47 bits per heavy atom. The number of halogens is 3. The van der Waals surface area contributed by atoms with Crippen LogP contribution >= 0.6 is 0 Å². The van der Waals surface area contributed by atoms with Crippen LogP contribution < -0.4 is 0 Å². The number of aromatic nitrogens is 1. The number of rotatable bonds is 3. The number of hydrogen-bond acceptors (Lipinski definition) is 3. The van der Waals surface area contributed by atoms with Gasteiger partial charge >= 0.3 is 6.18 Å². The van der Waals surface area contributed by atoms with E-state index in [2.05, 4.69) is 11.6 Å². The smallest absolute Gasteiger partial charge is 0.244 e. The summed E-state index contributed by atoms with van der Waals surface area (Å²) in [6.07, 6.45) is -2.68. The van der Waals surface area contributed by atoms with Crippen molar-refractivity contribution in [3.05, 3.63) is 36.0 Å². The second kappa shape index (κ2) is 4.48. The number of aryl methyl sites for hydroxylation is 1. The van der Waals surface area contributed by atoms with Gasteiger partial charge in [0.05, 0.1) is 11.3 Å². The normalized spacial score (nSPS) is 12.5. The minimum atomic E-state index is -4.75. The van der Waals surface area contributed by atoms with E-state index in [-0.39, 0.29) is 5.56 Å². The predicted molar refractivity (Wildman–Crippen MR) is 56.2 cm³/mol. The minimum Gasteiger partial charge on any atom is -0.244 e. The van der Waals surface area contributed by atoms with Gasteiger partial charge in [-0.2, -0.15) is 13.2 Å². The van der Waals surface area contributed by atoms with Crippen molar-refractivity contribution in [3.8, 4) is 0 Å². The maximum atomic E-state index is 12.7. The van der Waals surface area contributed by atoms with Crippen molar-refractivity contribution in [1.29, 1.82) is 0 Å². The summed E-state index contributed by atoms with van der Waals surface area (Å²) in [5.74, 6) is -0.577. The number of alkyl halides is 3. The van der Waals surface area contributed by atoms with Crippen LogP contribution in [0.25, 0.3) is 0 Å². The molecule has 0 aromatic carbocycles. The Morgan fingerprint density at radius 2 is 2.06 bits per heavy atom. The Morgan fingerprint density at radius 3 is 2.53 bits per heavy atom. The van der Waals surface area contributed by atoms with Crippen LogP contribution in [0.5, 0.6) is 0 Å². The lowest BCUT2D eigenvalue weighted by molar-refractivity contribution is -0.140. The van der Waals surface area contributed by atoms with Gasteiger partial charge in [0, 0.05) is 6.20 Å². The molecule has 3 nitrogen and oxygen atoms in total. The SMILES string of the molecule is C=CCS(=O)(=O)c1nccc(C)c1C(F)(F)F. The van der Waals surface area contributed by atoms with E-state index in [9.17, 15) is 21.6 Å².